The van der Waals surface area contributed by atoms with Gasteiger partial charge in [-0.3, -0.25) is 4.79 Å². The molecule has 6 nitrogen and oxygen atoms in total. The summed E-state index contributed by atoms with van der Waals surface area (Å²) in [5, 5.41) is 8.35. The molecular formula is C17H19N3O3. The van der Waals surface area contributed by atoms with Crippen molar-refractivity contribution < 1.29 is 13.9 Å². The zero-order chi connectivity index (χ0) is 15.8. The van der Waals surface area contributed by atoms with Gasteiger partial charge in [-0.05, 0) is 31.4 Å². The minimum absolute atomic E-state index is 0.133. The van der Waals surface area contributed by atoms with Gasteiger partial charge in [-0.25, -0.2) is 0 Å². The van der Waals surface area contributed by atoms with Gasteiger partial charge >= 0.3 is 0 Å². The van der Waals surface area contributed by atoms with E-state index in [0.29, 0.717) is 24.1 Å². The first kappa shape index (κ1) is 14.2. The SMILES string of the molecule is COc1ccccc1-c1nnc(C2CCN(C(=O)C3CC3)C2)o1. The molecule has 0 bridgehead atoms. The Morgan fingerprint density at radius 3 is 2.87 bits per heavy atom. The van der Waals surface area contributed by atoms with Crippen LogP contribution in [-0.2, 0) is 4.79 Å². The molecule has 0 radical (unpaired) electrons. The molecule has 1 saturated heterocycles. The first-order chi connectivity index (χ1) is 11.3. The van der Waals surface area contributed by atoms with Gasteiger partial charge in [-0.15, -0.1) is 10.2 Å². The smallest absolute Gasteiger partial charge is 0.251 e. The van der Waals surface area contributed by atoms with Crippen molar-refractivity contribution in [1.29, 1.82) is 0 Å². The van der Waals surface area contributed by atoms with Gasteiger partial charge in [0.1, 0.15) is 5.75 Å². The topological polar surface area (TPSA) is 68.5 Å². The van der Waals surface area contributed by atoms with Crippen molar-refractivity contribution >= 4 is 5.91 Å². The van der Waals surface area contributed by atoms with Crippen molar-refractivity contribution in [1.82, 2.24) is 15.1 Å². The molecule has 23 heavy (non-hydrogen) atoms. The van der Waals surface area contributed by atoms with E-state index < -0.39 is 0 Å². The van der Waals surface area contributed by atoms with Crippen LogP contribution in [0.25, 0.3) is 11.5 Å². The normalized spacial score (nSPS) is 20.7. The second-order valence-corrected chi connectivity index (χ2v) is 6.19. The van der Waals surface area contributed by atoms with Gasteiger partial charge < -0.3 is 14.1 Å². The fraction of sp³-hybridized carbons (Fsp3) is 0.471. The number of likely N-dealkylation sites (tertiary alicyclic amines) is 1. The summed E-state index contributed by atoms with van der Waals surface area (Å²) in [6, 6.07) is 7.57. The van der Waals surface area contributed by atoms with E-state index in [9.17, 15) is 4.79 Å². The summed E-state index contributed by atoms with van der Waals surface area (Å²) in [6.45, 7) is 1.47. The molecule has 1 amide bonds. The summed E-state index contributed by atoms with van der Waals surface area (Å²) < 4.78 is 11.2. The minimum Gasteiger partial charge on any atom is -0.496 e. The van der Waals surface area contributed by atoms with E-state index in [1.165, 1.54) is 0 Å². The van der Waals surface area contributed by atoms with E-state index in [-0.39, 0.29) is 17.7 Å². The van der Waals surface area contributed by atoms with Crippen LogP contribution in [-0.4, -0.2) is 41.2 Å². The number of rotatable bonds is 4. The number of aromatic nitrogens is 2. The summed E-state index contributed by atoms with van der Waals surface area (Å²) >= 11 is 0. The highest BCUT2D eigenvalue weighted by molar-refractivity contribution is 5.81. The van der Waals surface area contributed by atoms with Crippen molar-refractivity contribution in [2.24, 2.45) is 5.92 Å². The van der Waals surface area contributed by atoms with Crippen LogP contribution in [0.4, 0.5) is 0 Å². The Balaban J connectivity index is 1.51. The van der Waals surface area contributed by atoms with Crippen LogP contribution in [0, 0.1) is 5.92 Å². The van der Waals surface area contributed by atoms with Crippen LogP contribution in [0.5, 0.6) is 5.75 Å². The van der Waals surface area contributed by atoms with Crippen LogP contribution < -0.4 is 4.74 Å². The van der Waals surface area contributed by atoms with Crippen LogP contribution in [0.3, 0.4) is 0 Å². The first-order valence-electron chi connectivity index (χ1n) is 8.02. The fourth-order valence-corrected chi connectivity index (χ4v) is 3.08. The van der Waals surface area contributed by atoms with Gasteiger partial charge in [0, 0.05) is 19.0 Å². The lowest BCUT2D eigenvalue weighted by atomic mass is 10.1. The summed E-state index contributed by atoms with van der Waals surface area (Å²) in [5.74, 6) is 2.47. The van der Waals surface area contributed by atoms with E-state index in [0.717, 1.165) is 31.4 Å². The molecule has 2 fully saturated rings. The summed E-state index contributed by atoms with van der Waals surface area (Å²) in [5.41, 5.74) is 0.789. The number of carbonyl (C=O) groups excluding carboxylic acids is 1. The Bertz CT molecular complexity index is 723. The highest BCUT2D eigenvalue weighted by Gasteiger charge is 2.38. The molecule has 2 aromatic rings. The Hall–Kier alpha value is -2.37. The lowest BCUT2D eigenvalue weighted by Crippen LogP contribution is -2.29. The highest BCUT2D eigenvalue weighted by Crippen LogP contribution is 2.36. The molecule has 0 N–H and O–H groups in total. The van der Waals surface area contributed by atoms with E-state index >= 15 is 0 Å². The van der Waals surface area contributed by atoms with Crippen molar-refractivity contribution in [3.63, 3.8) is 0 Å². The number of methoxy groups -OCH3 is 1. The zero-order valence-corrected chi connectivity index (χ0v) is 13.1. The maximum absolute atomic E-state index is 12.1. The Kier molecular flexibility index (Phi) is 3.52. The second-order valence-electron chi connectivity index (χ2n) is 6.19. The number of ether oxygens (including phenoxy) is 1. The lowest BCUT2D eigenvalue weighted by Gasteiger charge is -2.14. The number of benzene rings is 1. The van der Waals surface area contributed by atoms with Crippen LogP contribution in [0.2, 0.25) is 0 Å². The minimum atomic E-state index is 0.133. The lowest BCUT2D eigenvalue weighted by molar-refractivity contribution is -0.131. The third-order valence-electron chi connectivity index (χ3n) is 4.55. The van der Waals surface area contributed by atoms with Gasteiger partial charge in [0.25, 0.3) is 5.89 Å². The number of hydrogen-bond donors (Lipinski definition) is 0. The van der Waals surface area contributed by atoms with E-state index in [4.69, 9.17) is 9.15 Å². The molecule has 1 saturated carbocycles. The molecule has 6 heteroatoms. The Morgan fingerprint density at radius 1 is 1.26 bits per heavy atom. The number of amides is 1. The van der Waals surface area contributed by atoms with Crippen molar-refractivity contribution in [3.8, 4) is 17.2 Å². The molecule has 1 aliphatic heterocycles. The third kappa shape index (κ3) is 2.69. The predicted molar refractivity (Wildman–Crippen MR) is 82.9 cm³/mol. The molecule has 1 unspecified atom stereocenters. The molecular weight excluding hydrogens is 294 g/mol. The maximum atomic E-state index is 12.1. The summed E-state index contributed by atoms with van der Waals surface area (Å²) in [4.78, 5) is 14.1. The van der Waals surface area contributed by atoms with Crippen molar-refractivity contribution in [2.45, 2.75) is 25.2 Å². The number of nitrogens with zero attached hydrogens (tertiary/aromatic N) is 3. The van der Waals surface area contributed by atoms with Crippen LogP contribution >= 0.6 is 0 Å². The molecule has 2 heterocycles. The number of hydrogen-bond acceptors (Lipinski definition) is 5. The molecule has 0 spiro atoms. The van der Waals surface area contributed by atoms with E-state index in [2.05, 4.69) is 10.2 Å². The summed E-state index contributed by atoms with van der Waals surface area (Å²) in [6.07, 6.45) is 2.96. The Labute approximate surface area is 134 Å². The van der Waals surface area contributed by atoms with Gasteiger partial charge in [-0.1, -0.05) is 12.1 Å². The van der Waals surface area contributed by atoms with Gasteiger partial charge in [-0.2, -0.15) is 0 Å². The molecule has 4 rings (SSSR count). The largest absolute Gasteiger partial charge is 0.496 e. The van der Waals surface area contributed by atoms with Gasteiger partial charge in [0.2, 0.25) is 11.8 Å². The van der Waals surface area contributed by atoms with Crippen molar-refractivity contribution in [2.75, 3.05) is 20.2 Å². The van der Waals surface area contributed by atoms with Crippen molar-refractivity contribution in [3.05, 3.63) is 30.2 Å². The standard InChI is InChI=1S/C17H19N3O3/c1-22-14-5-3-2-4-13(14)16-19-18-15(23-16)12-8-9-20(10-12)17(21)11-6-7-11/h2-5,11-12H,6-10H2,1H3. The molecule has 1 aliphatic carbocycles. The number of carbonyl (C=O) groups is 1. The van der Waals surface area contributed by atoms with Crippen LogP contribution in [0.15, 0.2) is 28.7 Å². The number of para-hydroxylation sites is 1. The average molecular weight is 313 g/mol. The fourth-order valence-electron chi connectivity index (χ4n) is 3.08. The molecule has 2 aliphatic rings. The highest BCUT2D eigenvalue weighted by atomic mass is 16.5. The predicted octanol–water partition coefficient (Wildman–Crippen LogP) is 2.47. The third-order valence-corrected chi connectivity index (χ3v) is 4.55. The monoisotopic (exact) mass is 313 g/mol. The second kappa shape index (κ2) is 5.68. The molecule has 1 atom stereocenters. The summed E-state index contributed by atoms with van der Waals surface area (Å²) in [7, 11) is 1.62. The van der Waals surface area contributed by atoms with Crippen LogP contribution in [0.1, 0.15) is 31.1 Å². The average Bonchev–Trinajstić information content (AvgIpc) is 3.12. The van der Waals surface area contributed by atoms with E-state index in [1.54, 1.807) is 7.11 Å². The Morgan fingerprint density at radius 2 is 2.09 bits per heavy atom. The van der Waals surface area contributed by atoms with Gasteiger partial charge in [0.05, 0.1) is 18.6 Å². The molecule has 1 aromatic heterocycles. The van der Waals surface area contributed by atoms with E-state index in [1.807, 2.05) is 29.2 Å². The van der Waals surface area contributed by atoms with Gasteiger partial charge in [0.15, 0.2) is 0 Å². The maximum Gasteiger partial charge on any atom is 0.251 e. The molecule has 1 aromatic carbocycles. The quantitative estimate of drug-likeness (QED) is 0.867. The zero-order valence-electron chi connectivity index (χ0n) is 13.1. The first-order valence-corrected chi connectivity index (χ1v) is 8.02. The molecule has 120 valence electrons.